The van der Waals surface area contributed by atoms with E-state index >= 15 is 0 Å². The van der Waals surface area contributed by atoms with Gasteiger partial charge in [-0.3, -0.25) is 14.4 Å². The number of carbonyl (C=O) groups excluding carboxylic acids is 3. The van der Waals surface area contributed by atoms with Crippen LogP contribution >= 0.6 is 0 Å². The van der Waals surface area contributed by atoms with Gasteiger partial charge >= 0.3 is 17.9 Å². The van der Waals surface area contributed by atoms with Crippen molar-refractivity contribution in [3.05, 3.63) is 0 Å². The molecule has 0 saturated heterocycles. The number of carbonyl (C=O) groups is 3. The van der Waals surface area contributed by atoms with Crippen LogP contribution in [0.4, 0.5) is 0 Å². The summed E-state index contributed by atoms with van der Waals surface area (Å²) in [6.45, 7) is 9.05. The maximum absolute atomic E-state index is 12.8. The van der Waals surface area contributed by atoms with Crippen LogP contribution in [0.3, 0.4) is 0 Å². The molecule has 6 heteroatoms. The Labute approximate surface area is 393 Å². The summed E-state index contributed by atoms with van der Waals surface area (Å²) in [4.78, 5) is 38.1. The molecule has 0 aromatic carbocycles. The van der Waals surface area contributed by atoms with Gasteiger partial charge in [-0.2, -0.15) is 0 Å². The first kappa shape index (κ1) is 61.4. The van der Waals surface area contributed by atoms with Gasteiger partial charge in [0.1, 0.15) is 13.2 Å². The van der Waals surface area contributed by atoms with Crippen molar-refractivity contribution in [2.45, 2.75) is 329 Å². The van der Waals surface area contributed by atoms with E-state index in [1.54, 1.807) is 0 Å². The molecule has 6 nitrogen and oxygen atoms in total. The monoisotopic (exact) mass is 891 g/mol. The van der Waals surface area contributed by atoms with Crippen LogP contribution < -0.4 is 0 Å². The van der Waals surface area contributed by atoms with Crippen molar-refractivity contribution in [1.82, 2.24) is 0 Å². The summed E-state index contributed by atoms with van der Waals surface area (Å²) in [6.07, 6.45) is 55.2. The zero-order valence-corrected chi connectivity index (χ0v) is 43.0. The number of hydrogen-bond donors (Lipinski definition) is 0. The van der Waals surface area contributed by atoms with E-state index in [2.05, 4.69) is 27.7 Å². The third-order valence-corrected chi connectivity index (χ3v) is 13.0. The Morgan fingerprint density at radius 3 is 0.778 bits per heavy atom. The van der Waals surface area contributed by atoms with Crippen LogP contribution in [0.25, 0.3) is 0 Å². The summed E-state index contributed by atoms with van der Waals surface area (Å²) < 4.78 is 16.9. The summed E-state index contributed by atoms with van der Waals surface area (Å²) in [7, 11) is 0. The molecule has 0 radical (unpaired) electrons. The smallest absolute Gasteiger partial charge is 0.306 e. The van der Waals surface area contributed by atoms with Crippen LogP contribution in [0, 0.1) is 5.92 Å². The molecule has 0 amide bonds. The first-order chi connectivity index (χ1) is 30.9. The maximum atomic E-state index is 12.8. The van der Waals surface area contributed by atoms with Crippen LogP contribution in [0.5, 0.6) is 0 Å². The number of rotatable bonds is 52. The molecule has 0 fully saturated rings. The number of hydrogen-bond acceptors (Lipinski definition) is 6. The molecule has 63 heavy (non-hydrogen) atoms. The molecular weight excluding hydrogens is 781 g/mol. The number of unbranched alkanes of at least 4 members (excludes halogenated alkanes) is 39. The lowest BCUT2D eigenvalue weighted by Gasteiger charge is -2.18. The van der Waals surface area contributed by atoms with Gasteiger partial charge in [-0.25, -0.2) is 0 Å². The summed E-state index contributed by atoms with van der Waals surface area (Å²) in [5.74, 6) is -0.00985. The van der Waals surface area contributed by atoms with Crippen LogP contribution in [-0.4, -0.2) is 37.2 Å². The van der Waals surface area contributed by atoms with Gasteiger partial charge in [-0.05, 0) is 25.2 Å². The molecule has 0 aromatic rings. The number of esters is 3. The summed E-state index contributed by atoms with van der Waals surface area (Å²) in [5.41, 5.74) is 0. The standard InChI is InChI=1S/C57H110O6/c1-5-7-9-11-13-15-17-19-21-23-24-28-32-36-40-44-48-55(58)61-51-54(52-62-56(59)49-45-41-37-33-30-26-27-31-35-39-43-47-53(3)4)63-57(60)50-46-42-38-34-29-25-22-20-18-16-14-12-10-8-6-2/h53-54H,5-52H2,1-4H3/t54-/m0/s1. The van der Waals surface area contributed by atoms with Crippen LogP contribution in [-0.2, 0) is 28.6 Å². The summed E-state index contributed by atoms with van der Waals surface area (Å²) >= 11 is 0. The molecule has 0 aromatic heterocycles. The fraction of sp³-hybridized carbons (Fsp3) is 0.947. The zero-order chi connectivity index (χ0) is 45.9. The summed E-state index contributed by atoms with van der Waals surface area (Å²) in [6, 6.07) is 0. The van der Waals surface area contributed by atoms with Crippen molar-refractivity contribution >= 4 is 17.9 Å². The zero-order valence-electron chi connectivity index (χ0n) is 43.0. The van der Waals surface area contributed by atoms with E-state index in [9.17, 15) is 14.4 Å². The number of ether oxygens (including phenoxy) is 3. The van der Waals surface area contributed by atoms with Gasteiger partial charge in [0.25, 0.3) is 0 Å². The van der Waals surface area contributed by atoms with Crippen molar-refractivity contribution in [3.8, 4) is 0 Å². The molecule has 374 valence electrons. The Morgan fingerprint density at radius 1 is 0.302 bits per heavy atom. The van der Waals surface area contributed by atoms with Crippen molar-refractivity contribution in [3.63, 3.8) is 0 Å². The Morgan fingerprint density at radius 2 is 0.524 bits per heavy atom. The van der Waals surface area contributed by atoms with E-state index in [0.29, 0.717) is 19.3 Å². The third kappa shape index (κ3) is 51.3. The van der Waals surface area contributed by atoms with E-state index in [1.165, 1.54) is 218 Å². The molecule has 0 unspecified atom stereocenters. The molecule has 0 spiro atoms. The highest BCUT2D eigenvalue weighted by atomic mass is 16.6. The lowest BCUT2D eigenvalue weighted by molar-refractivity contribution is -0.167. The van der Waals surface area contributed by atoms with Gasteiger partial charge < -0.3 is 14.2 Å². The maximum Gasteiger partial charge on any atom is 0.306 e. The molecule has 1 atom stereocenters. The third-order valence-electron chi connectivity index (χ3n) is 13.0. The van der Waals surface area contributed by atoms with E-state index in [4.69, 9.17) is 14.2 Å². The fourth-order valence-corrected chi connectivity index (χ4v) is 8.75. The molecule has 0 aliphatic carbocycles. The average molecular weight is 892 g/mol. The van der Waals surface area contributed by atoms with Gasteiger partial charge in [-0.1, -0.05) is 285 Å². The van der Waals surface area contributed by atoms with Gasteiger partial charge in [0.2, 0.25) is 0 Å². The Balaban J connectivity index is 4.30. The summed E-state index contributed by atoms with van der Waals surface area (Å²) in [5, 5.41) is 0. The lowest BCUT2D eigenvalue weighted by Crippen LogP contribution is -2.30. The van der Waals surface area contributed by atoms with Gasteiger partial charge in [-0.15, -0.1) is 0 Å². The molecule has 0 heterocycles. The normalized spacial score (nSPS) is 12.0. The first-order valence-electron chi connectivity index (χ1n) is 28.4. The van der Waals surface area contributed by atoms with Crippen molar-refractivity contribution in [2.75, 3.05) is 13.2 Å². The van der Waals surface area contributed by atoms with Crippen molar-refractivity contribution in [1.29, 1.82) is 0 Å². The SMILES string of the molecule is CCCCCCCCCCCCCCCCCCC(=O)OC[C@@H](COC(=O)CCCCCCCCCCCCCC(C)C)OC(=O)CCCCCCCCCCCCCCCCC. The minimum Gasteiger partial charge on any atom is -0.462 e. The second-order valence-electron chi connectivity index (χ2n) is 20.1. The predicted octanol–water partition coefficient (Wildman–Crippen LogP) is 18.6. The molecule has 0 aliphatic rings. The lowest BCUT2D eigenvalue weighted by atomic mass is 10.0. The quantitative estimate of drug-likeness (QED) is 0.0344. The molecule has 0 N–H and O–H groups in total. The molecule has 0 bridgehead atoms. The second kappa shape index (κ2) is 51.4. The van der Waals surface area contributed by atoms with E-state index < -0.39 is 6.10 Å². The highest BCUT2D eigenvalue weighted by molar-refractivity contribution is 5.71. The van der Waals surface area contributed by atoms with Crippen LogP contribution in [0.2, 0.25) is 0 Å². The van der Waals surface area contributed by atoms with E-state index in [0.717, 1.165) is 63.7 Å². The minimum absolute atomic E-state index is 0.0620. The van der Waals surface area contributed by atoms with Crippen LogP contribution in [0.1, 0.15) is 323 Å². The minimum atomic E-state index is -0.761. The first-order valence-corrected chi connectivity index (χ1v) is 28.4. The van der Waals surface area contributed by atoms with Gasteiger partial charge in [0, 0.05) is 19.3 Å². The van der Waals surface area contributed by atoms with Crippen molar-refractivity contribution < 1.29 is 28.6 Å². The second-order valence-corrected chi connectivity index (χ2v) is 20.1. The van der Waals surface area contributed by atoms with Gasteiger partial charge in [0.05, 0.1) is 0 Å². The highest BCUT2D eigenvalue weighted by Crippen LogP contribution is 2.18. The molecule has 0 rings (SSSR count). The van der Waals surface area contributed by atoms with Crippen molar-refractivity contribution in [2.24, 2.45) is 5.92 Å². The Kier molecular flexibility index (Phi) is 50.1. The average Bonchev–Trinajstić information content (AvgIpc) is 3.27. The fourth-order valence-electron chi connectivity index (χ4n) is 8.75. The van der Waals surface area contributed by atoms with Crippen LogP contribution in [0.15, 0.2) is 0 Å². The Hall–Kier alpha value is -1.59. The topological polar surface area (TPSA) is 78.9 Å². The largest absolute Gasteiger partial charge is 0.462 e. The molecular formula is C57H110O6. The van der Waals surface area contributed by atoms with E-state index in [1.807, 2.05) is 0 Å². The predicted molar refractivity (Wildman–Crippen MR) is 270 cm³/mol. The van der Waals surface area contributed by atoms with E-state index in [-0.39, 0.29) is 31.1 Å². The highest BCUT2D eigenvalue weighted by Gasteiger charge is 2.19. The molecule has 0 aliphatic heterocycles. The van der Waals surface area contributed by atoms with Gasteiger partial charge in [0.15, 0.2) is 6.10 Å². The molecule has 0 saturated carbocycles. The Bertz CT molecular complexity index is 949.